The molecule has 2 N–H and O–H groups in total. The number of rotatable bonds is 5. The summed E-state index contributed by atoms with van der Waals surface area (Å²) in [6.07, 6.45) is 1.70. The first-order chi connectivity index (χ1) is 7.61. The molecule has 2 amide bonds. The number of nitrogens with one attached hydrogen (secondary N) is 2. The fourth-order valence-electron chi connectivity index (χ4n) is 1.05. The van der Waals surface area contributed by atoms with E-state index in [1.54, 1.807) is 25.1 Å². The molecule has 0 fully saturated rings. The normalized spacial score (nSPS) is 10.2. The van der Waals surface area contributed by atoms with Crippen molar-refractivity contribution in [2.75, 3.05) is 19.3 Å². The molecular formula is C9H16N4OS2. The number of carbonyl (C=O) groups is 1. The number of thiol groups is 1. The Hall–Kier alpha value is -0.820. The first kappa shape index (κ1) is 13.2. The number of H-pyrrole nitrogens is 1. The Balaban J connectivity index is 2.09. The molecule has 7 heteroatoms. The van der Waals surface area contributed by atoms with Crippen molar-refractivity contribution in [3.05, 3.63) is 17.7 Å². The molecule has 0 aliphatic rings. The summed E-state index contributed by atoms with van der Waals surface area (Å²) in [5.74, 6) is 1.75. The van der Waals surface area contributed by atoms with Gasteiger partial charge in [0.25, 0.3) is 0 Å². The molecule has 16 heavy (non-hydrogen) atoms. The summed E-state index contributed by atoms with van der Waals surface area (Å²) in [4.78, 5) is 18.3. The minimum absolute atomic E-state index is 0.179. The number of aryl methyl sites for hydroxylation is 1. The molecule has 90 valence electrons. The van der Waals surface area contributed by atoms with Crippen LogP contribution >= 0.6 is 24.6 Å². The van der Waals surface area contributed by atoms with Gasteiger partial charge in [0.15, 0.2) is 0 Å². The van der Waals surface area contributed by atoms with Crippen LogP contribution in [0.5, 0.6) is 0 Å². The van der Waals surface area contributed by atoms with Crippen LogP contribution in [0, 0.1) is 6.92 Å². The Labute approximate surface area is 105 Å². The molecule has 0 radical (unpaired) electrons. The molecule has 0 aromatic carbocycles. The highest BCUT2D eigenvalue weighted by Crippen LogP contribution is 2.11. The maximum Gasteiger partial charge on any atom is 0.326 e. The van der Waals surface area contributed by atoms with E-state index in [0.29, 0.717) is 6.54 Å². The summed E-state index contributed by atoms with van der Waals surface area (Å²) >= 11 is 5.63. The lowest BCUT2D eigenvalue weighted by molar-refractivity contribution is 0.231. The van der Waals surface area contributed by atoms with E-state index >= 15 is 0 Å². The molecule has 0 aliphatic heterocycles. The van der Waals surface area contributed by atoms with Crippen molar-refractivity contribution in [1.29, 1.82) is 0 Å². The Kier molecular flexibility index (Phi) is 5.54. The van der Waals surface area contributed by atoms with Crippen LogP contribution in [0.15, 0.2) is 6.33 Å². The van der Waals surface area contributed by atoms with E-state index in [1.165, 1.54) is 4.31 Å². The largest absolute Gasteiger partial charge is 0.348 e. The minimum atomic E-state index is -0.179. The highest BCUT2D eigenvalue weighted by atomic mass is 32.2. The van der Waals surface area contributed by atoms with Crippen molar-refractivity contribution in [2.45, 2.75) is 12.7 Å². The van der Waals surface area contributed by atoms with Crippen LogP contribution in [-0.2, 0) is 5.75 Å². The number of carbonyl (C=O) groups excluding carboxylic acids is 1. The summed E-state index contributed by atoms with van der Waals surface area (Å²) in [5.41, 5.74) is 2.18. The lowest BCUT2D eigenvalue weighted by Crippen LogP contribution is -2.32. The molecule has 0 bridgehead atoms. The van der Waals surface area contributed by atoms with Crippen molar-refractivity contribution in [2.24, 2.45) is 0 Å². The van der Waals surface area contributed by atoms with Crippen LogP contribution in [0.25, 0.3) is 0 Å². The van der Waals surface area contributed by atoms with E-state index in [4.69, 9.17) is 0 Å². The number of imidazole rings is 1. The topological polar surface area (TPSA) is 61.0 Å². The average molecular weight is 260 g/mol. The van der Waals surface area contributed by atoms with Crippen LogP contribution in [0.3, 0.4) is 0 Å². The zero-order valence-corrected chi connectivity index (χ0v) is 11.1. The van der Waals surface area contributed by atoms with Gasteiger partial charge in [0.1, 0.15) is 0 Å². The van der Waals surface area contributed by atoms with Gasteiger partial charge in [-0.25, -0.2) is 9.78 Å². The number of hydrogen-bond donors (Lipinski definition) is 3. The van der Waals surface area contributed by atoms with Crippen LogP contribution in [0.2, 0.25) is 0 Å². The van der Waals surface area contributed by atoms with Crippen molar-refractivity contribution >= 4 is 30.6 Å². The molecule has 0 aliphatic carbocycles. The van der Waals surface area contributed by atoms with Crippen molar-refractivity contribution in [1.82, 2.24) is 19.6 Å². The van der Waals surface area contributed by atoms with E-state index in [-0.39, 0.29) is 6.03 Å². The first-order valence-electron chi connectivity index (χ1n) is 4.88. The minimum Gasteiger partial charge on any atom is -0.348 e. The zero-order valence-electron chi connectivity index (χ0n) is 9.36. The van der Waals surface area contributed by atoms with Gasteiger partial charge in [0, 0.05) is 30.8 Å². The van der Waals surface area contributed by atoms with E-state index < -0.39 is 0 Å². The van der Waals surface area contributed by atoms with Gasteiger partial charge < -0.3 is 10.3 Å². The number of nitrogens with zero attached hydrogens (tertiary/aromatic N) is 2. The van der Waals surface area contributed by atoms with Crippen LogP contribution < -0.4 is 5.32 Å². The maximum absolute atomic E-state index is 11.1. The van der Waals surface area contributed by atoms with Gasteiger partial charge in [0.05, 0.1) is 12.0 Å². The third kappa shape index (κ3) is 4.36. The average Bonchev–Trinajstić information content (AvgIpc) is 2.63. The maximum atomic E-state index is 11.1. The molecule has 0 atom stereocenters. The summed E-state index contributed by atoms with van der Waals surface area (Å²) in [7, 11) is 1.60. The number of urea groups is 1. The molecule has 1 heterocycles. The van der Waals surface area contributed by atoms with Gasteiger partial charge >= 0.3 is 6.03 Å². The number of aromatic amines is 1. The smallest absolute Gasteiger partial charge is 0.326 e. The third-order valence-electron chi connectivity index (χ3n) is 2.00. The SMILES string of the molecule is Cc1nc[nH]c1CSCCNC(=O)N(C)S. The standard InChI is InChI=1S/C9H16N4OS2/c1-7-8(12-6-11-7)5-16-4-3-10-9(14)13(2)15/h6,15H,3-5H2,1-2H3,(H,10,14)(H,11,12). The van der Waals surface area contributed by atoms with Crippen molar-refractivity contribution in [3.8, 4) is 0 Å². The second-order valence-electron chi connectivity index (χ2n) is 3.27. The lowest BCUT2D eigenvalue weighted by atomic mass is 10.4. The Bertz CT molecular complexity index is 340. The Morgan fingerprint density at radius 1 is 1.75 bits per heavy atom. The lowest BCUT2D eigenvalue weighted by Gasteiger charge is -2.10. The monoisotopic (exact) mass is 260 g/mol. The Morgan fingerprint density at radius 3 is 3.06 bits per heavy atom. The van der Waals surface area contributed by atoms with Crippen molar-refractivity contribution in [3.63, 3.8) is 0 Å². The van der Waals surface area contributed by atoms with Crippen molar-refractivity contribution < 1.29 is 4.79 Å². The second kappa shape index (κ2) is 6.70. The number of aromatic nitrogens is 2. The Morgan fingerprint density at radius 2 is 2.50 bits per heavy atom. The van der Waals surface area contributed by atoms with Gasteiger partial charge in [-0.05, 0) is 6.92 Å². The van der Waals surface area contributed by atoms with E-state index in [0.717, 1.165) is 22.9 Å². The van der Waals surface area contributed by atoms with Gasteiger partial charge in [-0.2, -0.15) is 11.8 Å². The predicted octanol–water partition coefficient (Wildman–Crippen LogP) is 1.44. The molecule has 0 spiro atoms. The highest BCUT2D eigenvalue weighted by molar-refractivity contribution is 7.98. The van der Waals surface area contributed by atoms with Gasteiger partial charge in [0.2, 0.25) is 0 Å². The molecule has 5 nitrogen and oxygen atoms in total. The summed E-state index contributed by atoms with van der Waals surface area (Å²) in [5, 5.41) is 2.74. The van der Waals surface area contributed by atoms with Crippen LogP contribution in [0.1, 0.15) is 11.4 Å². The predicted molar refractivity (Wildman–Crippen MR) is 69.6 cm³/mol. The number of amides is 2. The quantitative estimate of drug-likeness (QED) is 0.554. The van der Waals surface area contributed by atoms with Crippen LogP contribution in [0.4, 0.5) is 4.79 Å². The summed E-state index contributed by atoms with van der Waals surface area (Å²) in [6.45, 7) is 2.62. The van der Waals surface area contributed by atoms with Gasteiger partial charge in [-0.3, -0.25) is 4.31 Å². The second-order valence-corrected chi connectivity index (χ2v) is 4.98. The zero-order chi connectivity index (χ0) is 12.0. The van der Waals surface area contributed by atoms with E-state index in [1.807, 2.05) is 6.92 Å². The molecule has 1 aromatic rings. The van der Waals surface area contributed by atoms with Crippen LogP contribution in [-0.4, -0.2) is 39.6 Å². The number of hydrogen-bond acceptors (Lipinski definition) is 4. The molecule has 0 saturated heterocycles. The molecule has 1 aromatic heterocycles. The third-order valence-corrected chi connectivity index (χ3v) is 3.16. The fourth-order valence-corrected chi connectivity index (χ4v) is 2.01. The summed E-state index contributed by atoms with van der Waals surface area (Å²) in [6, 6.07) is -0.179. The molecule has 0 unspecified atom stereocenters. The van der Waals surface area contributed by atoms with E-state index in [2.05, 4.69) is 28.1 Å². The van der Waals surface area contributed by atoms with Gasteiger partial charge in [-0.1, -0.05) is 12.8 Å². The van der Waals surface area contributed by atoms with Gasteiger partial charge in [-0.15, -0.1) is 0 Å². The molecule has 1 rings (SSSR count). The number of thioether (sulfide) groups is 1. The summed E-state index contributed by atoms with van der Waals surface area (Å²) < 4.78 is 1.23. The molecule has 0 saturated carbocycles. The first-order valence-corrected chi connectivity index (χ1v) is 6.43. The van der Waals surface area contributed by atoms with E-state index in [9.17, 15) is 4.79 Å². The molecular weight excluding hydrogens is 244 g/mol. The fraction of sp³-hybridized carbons (Fsp3) is 0.556. The highest BCUT2D eigenvalue weighted by Gasteiger charge is 2.03.